The van der Waals surface area contributed by atoms with Gasteiger partial charge in [0.15, 0.2) is 12.4 Å². The molecule has 13 heteroatoms. The van der Waals surface area contributed by atoms with Crippen LogP contribution < -0.4 is 4.74 Å². The summed E-state index contributed by atoms with van der Waals surface area (Å²) in [6.45, 7) is -1.77. The van der Waals surface area contributed by atoms with Crippen LogP contribution in [0.15, 0.2) is 12.1 Å². The molecule has 0 saturated carbocycles. The fourth-order valence-electron chi connectivity index (χ4n) is 1.64. The van der Waals surface area contributed by atoms with Crippen molar-refractivity contribution in [1.82, 2.24) is 0 Å². The van der Waals surface area contributed by atoms with Crippen LogP contribution >= 0.6 is 67.8 Å². The standard InChI is InChI=1S/C14H13F2I3O7S/c15-14(16,27(22,23)24)7-25-11(20)3-1-2-4-12(21)26-13-9(18)5-8(17)6-10(13)19/h5-6H,1-4,7H2,(H,22,23,24). The molecule has 0 aliphatic carbocycles. The summed E-state index contributed by atoms with van der Waals surface area (Å²) in [5.74, 6) is -1.11. The van der Waals surface area contributed by atoms with Crippen LogP contribution in [0.4, 0.5) is 8.78 Å². The van der Waals surface area contributed by atoms with Crippen LogP contribution in [0.1, 0.15) is 25.7 Å². The Morgan fingerprint density at radius 2 is 1.52 bits per heavy atom. The van der Waals surface area contributed by atoms with E-state index < -0.39 is 33.9 Å². The summed E-state index contributed by atoms with van der Waals surface area (Å²) in [4.78, 5) is 23.2. The number of halogens is 5. The zero-order chi connectivity index (χ0) is 20.8. The van der Waals surface area contributed by atoms with Crippen LogP contribution in [-0.4, -0.2) is 36.8 Å². The lowest BCUT2D eigenvalue weighted by Gasteiger charge is -2.12. The predicted molar refractivity (Wildman–Crippen MR) is 116 cm³/mol. The van der Waals surface area contributed by atoms with Crippen molar-refractivity contribution in [1.29, 1.82) is 0 Å². The zero-order valence-corrected chi connectivity index (χ0v) is 20.7. The van der Waals surface area contributed by atoms with E-state index >= 15 is 0 Å². The van der Waals surface area contributed by atoms with Crippen molar-refractivity contribution in [3.05, 3.63) is 22.8 Å². The highest BCUT2D eigenvalue weighted by atomic mass is 127. The molecule has 0 bridgehead atoms. The van der Waals surface area contributed by atoms with E-state index in [2.05, 4.69) is 27.3 Å². The normalized spacial score (nSPS) is 11.9. The Bertz CT molecular complexity index is 792. The lowest BCUT2D eigenvalue weighted by Crippen LogP contribution is -2.34. The van der Waals surface area contributed by atoms with E-state index in [0.717, 1.165) is 10.7 Å². The number of carbonyl (C=O) groups excluding carboxylic acids is 2. The second-order valence-electron chi connectivity index (χ2n) is 5.15. The Hall–Kier alpha value is 0.120. The second-order valence-corrected chi connectivity index (χ2v) is 10.3. The Balaban J connectivity index is 2.36. The molecule has 0 aliphatic rings. The lowest BCUT2D eigenvalue weighted by atomic mass is 10.2. The maximum absolute atomic E-state index is 12.9. The molecule has 0 aromatic heterocycles. The topological polar surface area (TPSA) is 107 Å². The quantitative estimate of drug-likeness (QED) is 0.134. The van der Waals surface area contributed by atoms with Crippen molar-refractivity contribution >= 4 is 89.8 Å². The molecule has 0 fully saturated rings. The molecule has 7 nitrogen and oxygen atoms in total. The molecule has 0 radical (unpaired) electrons. The minimum Gasteiger partial charge on any atom is -0.458 e. The summed E-state index contributed by atoms with van der Waals surface area (Å²) in [6, 6.07) is 3.70. The number of rotatable bonds is 9. The van der Waals surface area contributed by atoms with Gasteiger partial charge in [0.2, 0.25) is 0 Å². The van der Waals surface area contributed by atoms with Crippen LogP contribution in [-0.2, 0) is 24.4 Å². The number of benzene rings is 1. The number of carbonyl (C=O) groups is 2. The third-order valence-electron chi connectivity index (χ3n) is 2.97. The number of hydrogen-bond donors (Lipinski definition) is 1. The van der Waals surface area contributed by atoms with Gasteiger partial charge in [0.05, 0.1) is 7.14 Å². The maximum Gasteiger partial charge on any atom is 0.402 e. The fraction of sp³-hybridized carbons (Fsp3) is 0.429. The second kappa shape index (κ2) is 10.8. The Kier molecular flexibility index (Phi) is 10.0. The van der Waals surface area contributed by atoms with Crippen LogP contribution in [0, 0.1) is 10.7 Å². The molecule has 0 aliphatic heterocycles. The van der Waals surface area contributed by atoms with Crippen LogP contribution in [0.2, 0.25) is 0 Å². The van der Waals surface area contributed by atoms with Gasteiger partial charge in [-0.25, -0.2) is 0 Å². The van der Waals surface area contributed by atoms with E-state index in [-0.39, 0.29) is 25.7 Å². The van der Waals surface area contributed by atoms with Gasteiger partial charge in [0.1, 0.15) is 0 Å². The summed E-state index contributed by atoms with van der Waals surface area (Å²) in [7, 11) is -5.65. The summed E-state index contributed by atoms with van der Waals surface area (Å²) in [5, 5.41) is -4.56. The van der Waals surface area contributed by atoms with Crippen molar-refractivity contribution in [3.63, 3.8) is 0 Å². The van der Waals surface area contributed by atoms with E-state index in [1.165, 1.54) is 0 Å². The first-order valence-corrected chi connectivity index (χ1v) is 11.9. The van der Waals surface area contributed by atoms with Crippen molar-refractivity contribution in [2.75, 3.05) is 6.61 Å². The van der Waals surface area contributed by atoms with Gasteiger partial charge in [0.25, 0.3) is 0 Å². The molecule has 1 N–H and O–H groups in total. The van der Waals surface area contributed by atoms with Crippen molar-refractivity contribution in [2.24, 2.45) is 0 Å². The van der Waals surface area contributed by atoms with Crippen LogP contribution in [0.25, 0.3) is 0 Å². The number of esters is 2. The first-order chi connectivity index (χ1) is 12.3. The molecule has 152 valence electrons. The van der Waals surface area contributed by atoms with Gasteiger partial charge in [-0.15, -0.1) is 0 Å². The molecule has 1 aromatic carbocycles. The molecule has 0 saturated heterocycles. The van der Waals surface area contributed by atoms with Crippen molar-refractivity contribution in [3.8, 4) is 5.75 Å². The van der Waals surface area contributed by atoms with E-state index in [1.807, 2.05) is 57.3 Å². The molecule has 0 atom stereocenters. The Morgan fingerprint density at radius 3 is 2.00 bits per heavy atom. The minimum atomic E-state index is -5.65. The van der Waals surface area contributed by atoms with Crippen LogP contribution in [0.3, 0.4) is 0 Å². The molecule has 27 heavy (non-hydrogen) atoms. The molecule has 0 amide bonds. The highest BCUT2D eigenvalue weighted by Gasteiger charge is 2.45. The average molecular weight is 744 g/mol. The van der Waals surface area contributed by atoms with E-state index in [9.17, 15) is 26.8 Å². The van der Waals surface area contributed by atoms with Crippen LogP contribution in [0.5, 0.6) is 5.75 Å². The maximum atomic E-state index is 12.9. The molecule has 0 unspecified atom stereocenters. The third kappa shape index (κ3) is 8.57. The number of ether oxygens (including phenoxy) is 2. The third-order valence-corrected chi connectivity index (χ3v) is 6.07. The Labute approximate surface area is 195 Å². The molecule has 1 rings (SSSR count). The molecular weight excluding hydrogens is 731 g/mol. The number of hydrogen-bond acceptors (Lipinski definition) is 6. The van der Waals surface area contributed by atoms with Gasteiger partial charge < -0.3 is 9.47 Å². The highest BCUT2D eigenvalue weighted by molar-refractivity contribution is 14.1. The summed E-state index contributed by atoms with van der Waals surface area (Å²) >= 11 is 6.24. The van der Waals surface area contributed by atoms with Gasteiger partial charge >= 0.3 is 27.3 Å². The number of unbranched alkanes of at least 4 members (excludes halogenated alkanes) is 1. The molecule has 0 heterocycles. The van der Waals surface area contributed by atoms with Crippen molar-refractivity contribution in [2.45, 2.75) is 30.9 Å². The average Bonchev–Trinajstić information content (AvgIpc) is 2.52. The summed E-state index contributed by atoms with van der Waals surface area (Å²) in [5.41, 5.74) is 0. The molecule has 0 spiro atoms. The fourth-order valence-corrected chi connectivity index (χ4v) is 5.65. The Morgan fingerprint density at radius 1 is 1.04 bits per heavy atom. The van der Waals surface area contributed by atoms with E-state index in [4.69, 9.17) is 9.29 Å². The lowest BCUT2D eigenvalue weighted by molar-refractivity contribution is -0.150. The highest BCUT2D eigenvalue weighted by Crippen LogP contribution is 2.30. The monoisotopic (exact) mass is 744 g/mol. The minimum absolute atomic E-state index is 0.00655. The summed E-state index contributed by atoms with van der Waals surface area (Å²) in [6.07, 6.45) is 0.131. The predicted octanol–water partition coefficient (Wildman–Crippen LogP) is 3.99. The van der Waals surface area contributed by atoms with Crippen molar-refractivity contribution < 1.29 is 40.8 Å². The smallest absolute Gasteiger partial charge is 0.402 e. The molecule has 1 aromatic rings. The van der Waals surface area contributed by atoms with Gasteiger partial charge in [-0.05, 0) is 92.7 Å². The summed E-state index contributed by atoms with van der Waals surface area (Å²) < 4.78 is 66.8. The zero-order valence-electron chi connectivity index (χ0n) is 13.4. The molecular formula is C14H13F2I3O7S. The largest absolute Gasteiger partial charge is 0.458 e. The van der Waals surface area contributed by atoms with Gasteiger partial charge in [-0.2, -0.15) is 17.2 Å². The van der Waals surface area contributed by atoms with E-state index in [0.29, 0.717) is 5.75 Å². The van der Waals surface area contributed by atoms with Gasteiger partial charge in [0, 0.05) is 16.4 Å². The van der Waals surface area contributed by atoms with Gasteiger partial charge in [-0.3, -0.25) is 14.1 Å². The van der Waals surface area contributed by atoms with E-state index in [1.54, 1.807) is 0 Å². The first-order valence-electron chi connectivity index (χ1n) is 7.19. The first kappa shape index (κ1) is 25.2. The number of alkyl halides is 2. The SMILES string of the molecule is O=C(CCCCC(=O)Oc1c(I)cc(I)cc1I)OCC(F)(F)S(=O)(=O)O. The van der Waals surface area contributed by atoms with Gasteiger partial charge in [-0.1, -0.05) is 0 Å².